The van der Waals surface area contributed by atoms with Gasteiger partial charge >= 0.3 is 0 Å². The van der Waals surface area contributed by atoms with Crippen molar-refractivity contribution in [2.75, 3.05) is 14.2 Å². The summed E-state index contributed by atoms with van der Waals surface area (Å²) in [6, 6.07) is 4.05. The molecule has 0 heterocycles. The van der Waals surface area contributed by atoms with E-state index in [1.54, 1.807) is 14.2 Å². The molecule has 3 heteroatoms. The molecule has 0 spiro atoms. The lowest BCUT2D eigenvalue weighted by molar-refractivity contribution is 0.00981. The molecular formula is C15H25NO2. The van der Waals surface area contributed by atoms with Gasteiger partial charge in [-0.1, -0.05) is 12.1 Å². The second-order valence-electron chi connectivity index (χ2n) is 5.40. The molecule has 0 fully saturated rings. The first-order valence-electron chi connectivity index (χ1n) is 6.27. The number of ether oxygens (including phenoxy) is 2. The van der Waals surface area contributed by atoms with Crippen LogP contribution in [0, 0.1) is 13.8 Å². The van der Waals surface area contributed by atoms with Gasteiger partial charge in [0.15, 0.2) is 0 Å². The van der Waals surface area contributed by atoms with E-state index in [0.29, 0.717) is 0 Å². The van der Waals surface area contributed by atoms with Crippen molar-refractivity contribution < 1.29 is 9.47 Å². The van der Waals surface area contributed by atoms with Crippen LogP contribution in [0.15, 0.2) is 12.1 Å². The topological polar surface area (TPSA) is 44.5 Å². The fraction of sp³-hybridized carbons (Fsp3) is 0.600. The highest BCUT2D eigenvalue weighted by atomic mass is 16.5. The molecule has 0 bridgehead atoms. The molecule has 0 aliphatic rings. The molecule has 0 aliphatic heterocycles. The largest absolute Gasteiger partial charge is 0.496 e. The summed E-state index contributed by atoms with van der Waals surface area (Å²) in [5, 5.41) is 0. The first-order chi connectivity index (χ1) is 8.32. The number of benzene rings is 1. The number of hydrogen-bond donors (Lipinski definition) is 1. The van der Waals surface area contributed by atoms with E-state index in [2.05, 4.69) is 26.0 Å². The summed E-state index contributed by atoms with van der Waals surface area (Å²) in [5.74, 6) is 0.898. The van der Waals surface area contributed by atoms with Crippen LogP contribution in [0.1, 0.15) is 43.0 Å². The van der Waals surface area contributed by atoms with Crippen LogP contribution in [0.3, 0.4) is 0 Å². The summed E-state index contributed by atoms with van der Waals surface area (Å²) >= 11 is 0. The Balaban J connectivity index is 3.06. The minimum atomic E-state index is -0.233. The Hall–Kier alpha value is -1.06. The molecule has 0 saturated heterocycles. The molecule has 0 aromatic heterocycles. The third kappa shape index (κ3) is 3.24. The maximum Gasteiger partial charge on any atom is 0.126 e. The van der Waals surface area contributed by atoms with Crippen molar-refractivity contribution in [3.05, 3.63) is 28.8 Å². The average molecular weight is 251 g/mol. The summed E-state index contributed by atoms with van der Waals surface area (Å²) in [6.45, 7) is 8.22. The van der Waals surface area contributed by atoms with Crippen LogP contribution in [0.2, 0.25) is 0 Å². The number of nitrogens with two attached hydrogens (primary N) is 1. The highest BCUT2D eigenvalue weighted by molar-refractivity contribution is 5.46. The third-order valence-corrected chi connectivity index (χ3v) is 3.57. The third-order valence-electron chi connectivity index (χ3n) is 3.57. The zero-order chi connectivity index (χ0) is 13.9. The second-order valence-corrected chi connectivity index (χ2v) is 5.40. The molecule has 0 saturated carbocycles. The van der Waals surface area contributed by atoms with Gasteiger partial charge in [-0.2, -0.15) is 0 Å². The van der Waals surface area contributed by atoms with Crippen molar-refractivity contribution in [3.8, 4) is 5.75 Å². The smallest absolute Gasteiger partial charge is 0.126 e. The Bertz CT molecular complexity index is 413. The van der Waals surface area contributed by atoms with Crippen LogP contribution in [-0.4, -0.2) is 19.8 Å². The standard InChI is InChI=1S/C15H25NO2/c1-10-7-8-12(14(17-5)11(10)2)13(16)9-15(3,4)18-6/h7-8,13H,9,16H2,1-6H3. The number of methoxy groups -OCH3 is 2. The Kier molecular flexibility index (Phi) is 4.77. The van der Waals surface area contributed by atoms with Gasteiger partial charge in [-0.15, -0.1) is 0 Å². The molecule has 1 atom stereocenters. The van der Waals surface area contributed by atoms with Crippen LogP contribution < -0.4 is 10.5 Å². The van der Waals surface area contributed by atoms with E-state index >= 15 is 0 Å². The number of aryl methyl sites for hydroxylation is 1. The molecule has 18 heavy (non-hydrogen) atoms. The van der Waals surface area contributed by atoms with Crippen molar-refractivity contribution in [2.45, 2.75) is 45.8 Å². The predicted octanol–water partition coefficient (Wildman–Crippen LogP) is 3.13. The molecule has 1 unspecified atom stereocenters. The fourth-order valence-electron chi connectivity index (χ4n) is 2.10. The lowest BCUT2D eigenvalue weighted by atomic mass is 9.91. The lowest BCUT2D eigenvalue weighted by Gasteiger charge is -2.28. The number of hydrogen-bond acceptors (Lipinski definition) is 3. The summed E-state index contributed by atoms with van der Waals surface area (Å²) < 4.78 is 10.9. The van der Waals surface area contributed by atoms with Gasteiger partial charge in [-0.3, -0.25) is 0 Å². The molecule has 102 valence electrons. The van der Waals surface area contributed by atoms with E-state index in [1.165, 1.54) is 5.56 Å². The minimum absolute atomic E-state index is 0.0887. The van der Waals surface area contributed by atoms with Gasteiger partial charge in [0.05, 0.1) is 12.7 Å². The van der Waals surface area contributed by atoms with Crippen molar-refractivity contribution in [1.29, 1.82) is 0 Å². The minimum Gasteiger partial charge on any atom is -0.496 e. The van der Waals surface area contributed by atoms with Gasteiger partial charge < -0.3 is 15.2 Å². The summed E-state index contributed by atoms with van der Waals surface area (Å²) in [6.07, 6.45) is 0.752. The normalized spacial score (nSPS) is 13.5. The number of rotatable bonds is 5. The van der Waals surface area contributed by atoms with Crippen LogP contribution >= 0.6 is 0 Å². The summed E-state index contributed by atoms with van der Waals surface area (Å²) in [5.41, 5.74) is 9.48. The molecule has 0 amide bonds. The lowest BCUT2D eigenvalue weighted by Crippen LogP contribution is -2.29. The quantitative estimate of drug-likeness (QED) is 0.874. The highest BCUT2D eigenvalue weighted by Crippen LogP contribution is 2.33. The van der Waals surface area contributed by atoms with Crippen molar-refractivity contribution in [1.82, 2.24) is 0 Å². The summed E-state index contributed by atoms with van der Waals surface area (Å²) in [4.78, 5) is 0. The van der Waals surface area contributed by atoms with Gasteiger partial charge in [-0.05, 0) is 45.2 Å². The predicted molar refractivity (Wildman–Crippen MR) is 75.1 cm³/mol. The van der Waals surface area contributed by atoms with Crippen LogP contribution in [0.5, 0.6) is 5.75 Å². The van der Waals surface area contributed by atoms with Gasteiger partial charge in [0.1, 0.15) is 5.75 Å². The first kappa shape index (κ1) is 15.0. The van der Waals surface area contributed by atoms with Gasteiger partial charge in [-0.25, -0.2) is 0 Å². The van der Waals surface area contributed by atoms with Crippen LogP contribution in [-0.2, 0) is 4.74 Å². The monoisotopic (exact) mass is 251 g/mol. The van der Waals surface area contributed by atoms with Crippen molar-refractivity contribution >= 4 is 0 Å². The van der Waals surface area contributed by atoms with E-state index in [1.807, 2.05) is 13.8 Å². The Labute approximate surface area is 110 Å². The fourth-order valence-corrected chi connectivity index (χ4v) is 2.10. The van der Waals surface area contributed by atoms with Gasteiger partial charge in [0.25, 0.3) is 0 Å². The maximum absolute atomic E-state index is 6.29. The van der Waals surface area contributed by atoms with E-state index in [4.69, 9.17) is 15.2 Å². The zero-order valence-corrected chi connectivity index (χ0v) is 12.3. The van der Waals surface area contributed by atoms with E-state index in [0.717, 1.165) is 23.3 Å². The van der Waals surface area contributed by atoms with Crippen LogP contribution in [0.4, 0.5) is 0 Å². The average Bonchev–Trinajstić information content (AvgIpc) is 2.31. The molecule has 1 rings (SSSR count). The SMILES string of the molecule is COc1c(C(N)CC(C)(C)OC)ccc(C)c1C. The molecule has 3 nitrogen and oxygen atoms in total. The first-order valence-corrected chi connectivity index (χ1v) is 6.27. The van der Waals surface area contributed by atoms with Crippen LogP contribution in [0.25, 0.3) is 0 Å². The Morgan fingerprint density at radius 2 is 1.83 bits per heavy atom. The second kappa shape index (κ2) is 5.72. The molecular weight excluding hydrogens is 226 g/mol. The Morgan fingerprint density at radius 1 is 1.22 bits per heavy atom. The maximum atomic E-state index is 6.29. The molecule has 0 radical (unpaired) electrons. The van der Waals surface area contributed by atoms with Crippen molar-refractivity contribution in [3.63, 3.8) is 0 Å². The molecule has 0 aliphatic carbocycles. The van der Waals surface area contributed by atoms with E-state index in [9.17, 15) is 0 Å². The molecule has 2 N–H and O–H groups in total. The van der Waals surface area contributed by atoms with Crippen molar-refractivity contribution in [2.24, 2.45) is 5.73 Å². The molecule has 1 aromatic carbocycles. The molecule has 1 aromatic rings. The van der Waals surface area contributed by atoms with Gasteiger partial charge in [0.2, 0.25) is 0 Å². The Morgan fingerprint density at radius 3 is 2.33 bits per heavy atom. The zero-order valence-electron chi connectivity index (χ0n) is 12.3. The summed E-state index contributed by atoms with van der Waals surface area (Å²) in [7, 11) is 3.41. The van der Waals surface area contributed by atoms with E-state index in [-0.39, 0.29) is 11.6 Å². The van der Waals surface area contributed by atoms with E-state index < -0.39 is 0 Å². The highest BCUT2D eigenvalue weighted by Gasteiger charge is 2.24. The van der Waals surface area contributed by atoms with Gasteiger partial charge in [0, 0.05) is 18.7 Å².